The second-order valence-electron chi connectivity index (χ2n) is 5.78. The van der Waals surface area contributed by atoms with Crippen LogP contribution in [0.3, 0.4) is 0 Å². The van der Waals surface area contributed by atoms with Crippen LogP contribution in [0, 0.1) is 17.3 Å². The number of hydrogen-bond donors (Lipinski definition) is 0. The Balaban J connectivity index is 2.52. The summed E-state index contributed by atoms with van der Waals surface area (Å²) in [6.07, 6.45) is 0. The normalized spacial score (nSPS) is 11.7. The molecule has 0 aliphatic heterocycles. The lowest BCUT2D eigenvalue weighted by Gasteiger charge is -2.06. The molecule has 0 heterocycles. The Morgan fingerprint density at radius 3 is 2.19 bits per heavy atom. The van der Waals surface area contributed by atoms with Gasteiger partial charge in [0.2, 0.25) is 0 Å². The summed E-state index contributed by atoms with van der Waals surface area (Å²) in [5.74, 6) is 2.79. The summed E-state index contributed by atoms with van der Waals surface area (Å²) in [6.45, 7) is 6.46. The van der Waals surface area contributed by atoms with Crippen molar-refractivity contribution in [3.63, 3.8) is 0 Å². The first-order chi connectivity index (χ1) is 9.96. The van der Waals surface area contributed by atoms with Crippen LogP contribution in [0.1, 0.15) is 5.56 Å². The van der Waals surface area contributed by atoms with Crippen molar-refractivity contribution in [2.24, 2.45) is 4.99 Å². The van der Waals surface area contributed by atoms with Crippen molar-refractivity contribution in [2.45, 2.75) is 19.6 Å². The van der Waals surface area contributed by atoms with E-state index in [1.807, 2.05) is 30.3 Å². The average Bonchev–Trinajstić information content (AvgIpc) is 2.44. The first-order valence-corrected chi connectivity index (χ1v) is 10.4. The maximum Gasteiger partial charge on any atom is 0.133 e. The third-order valence-electron chi connectivity index (χ3n) is 2.68. The number of rotatable bonds is 2. The number of aliphatic imine (C=N–C) groups is 1. The van der Waals surface area contributed by atoms with Crippen LogP contribution in [0.4, 0.5) is 10.1 Å². The van der Waals surface area contributed by atoms with Gasteiger partial charge in [-0.15, -0.1) is 5.54 Å². The number of benzene rings is 2. The highest BCUT2D eigenvalue weighted by molar-refractivity contribution is 6.84. The number of nitrogens with zero attached hydrogens (tertiary/aromatic N) is 1. The molecule has 21 heavy (non-hydrogen) atoms. The minimum Gasteiger partial charge on any atom is -0.239 e. The Morgan fingerprint density at radius 2 is 1.57 bits per heavy atom. The highest BCUT2D eigenvalue weighted by Crippen LogP contribution is 2.15. The van der Waals surface area contributed by atoms with Crippen LogP contribution in [0.5, 0.6) is 0 Å². The maximum absolute atomic E-state index is 14.0. The fraction of sp³-hybridized carbons (Fsp3) is 0.167. The molecule has 0 aliphatic carbocycles. The second-order valence-corrected chi connectivity index (χ2v) is 10.5. The van der Waals surface area contributed by atoms with Gasteiger partial charge in [0.05, 0.1) is 5.69 Å². The number of para-hydroxylation sites is 1. The largest absolute Gasteiger partial charge is 0.239 e. The summed E-state index contributed by atoms with van der Waals surface area (Å²) in [5.41, 5.74) is 4.98. The van der Waals surface area contributed by atoms with Crippen molar-refractivity contribution in [2.75, 3.05) is 0 Å². The van der Waals surface area contributed by atoms with Crippen LogP contribution in [0.2, 0.25) is 19.6 Å². The number of hydrogen-bond acceptors (Lipinski definition) is 1. The summed E-state index contributed by atoms with van der Waals surface area (Å²) < 4.78 is 14.0. The molecule has 0 saturated carbocycles. The van der Waals surface area contributed by atoms with Gasteiger partial charge in [0, 0.05) is 5.56 Å². The standard InChI is InChI=1S/C18H18FNSi/c1-21(2,3)14-13-18(16-11-7-8-12-17(16)19)20-15-9-5-4-6-10-15/h4-12H,1-3H3. The van der Waals surface area contributed by atoms with E-state index >= 15 is 0 Å². The zero-order valence-corrected chi connectivity index (χ0v) is 13.5. The third-order valence-corrected chi connectivity index (χ3v) is 3.56. The monoisotopic (exact) mass is 295 g/mol. The summed E-state index contributed by atoms with van der Waals surface area (Å²) >= 11 is 0. The van der Waals surface area contributed by atoms with E-state index in [1.54, 1.807) is 18.2 Å². The van der Waals surface area contributed by atoms with Gasteiger partial charge in [-0.25, -0.2) is 9.38 Å². The van der Waals surface area contributed by atoms with Crippen molar-refractivity contribution in [3.8, 4) is 11.5 Å². The Labute approximate surface area is 126 Å². The van der Waals surface area contributed by atoms with E-state index in [2.05, 4.69) is 36.1 Å². The fourth-order valence-corrected chi connectivity index (χ4v) is 2.18. The summed E-state index contributed by atoms with van der Waals surface area (Å²) in [6, 6.07) is 16.1. The van der Waals surface area contributed by atoms with Crippen LogP contribution in [-0.2, 0) is 0 Å². The molecule has 0 saturated heterocycles. The Kier molecular flexibility index (Phi) is 4.72. The van der Waals surface area contributed by atoms with Crippen molar-refractivity contribution < 1.29 is 4.39 Å². The molecule has 0 radical (unpaired) electrons. The first-order valence-electron chi connectivity index (χ1n) is 6.87. The molecule has 0 amide bonds. The molecule has 0 bridgehead atoms. The van der Waals surface area contributed by atoms with E-state index < -0.39 is 8.07 Å². The van der Waals surface area contributed by atoms with Crippen molar-refractivity contribution in [1.82, 2.24) is 0 Å². The highest BCUT2D eigenvalue weighted by Gasteiger charge is 2.11. The SMILES string of the molecule is C[Si](C)(C)C#CC(=Nc1ccccc1)c1ccccc1F. The van der Waals surface area contributed by atoms with Gasteiger partial charge in [0.25, 0.3) is 0 Å². The molecule has 106 valence electrons. The van der Waals surface area contributed by atoms with Gasteiger partial charge < -0.3 is 0 Å². The van der Waals surface area contributed by atoms with Gasteiger partial charge in [-0.3, -0.25) is 0 Å². The lowest BCUT2D eigenvalue weighted by Crippen LogP contribution is -2.17. The summed E-state index contributed by atoms with van der Waals surface area (Å²) in [7, 11) is -1.55. The van der Waals surface area contributed by atoms with Crippen LogP contribution >= 0.6 is 0 Å². The molecule has 1 nitrogen and oxygen atoms in total. The third kappa shape index (κ3) is 4.69. The van der Waals surface area contributed by atoms with Gasteiger partial charge >= 0.3 is 0 Å². The predicted octanol–water partition coefficient (Wildman–Crippen LogP) is 4.83. The fourth-order valence-electron chi connectivity index (χ4n) is 1.69. The highest BCUT2D eigenvalue weighted by atomic mass is 28.3. The van der Waals surface area contributed by atoms with Gasteiger partial charge in [0.1, 0.15) is 19.6 Å². The second kappa shape index (κ2) is 6.51. The average molecular weight is 295 g/mol. The molecule has 0 N–H and O–H groups in total. The Morgan fingerprint density at radius 1 is 0.952 bits per heavy atom. The zero-order valence-electron chi connectivity index (χ0n) is 12.5. The van der Waals surface area contributed by atoms with Crippen molar-refractivity contribution in [3.05, 3.63) is 66.0 Å². The molecule has 3 heteroatoms. The first kappa shape index (κ1) is 15.2. The predicted molar refractivity (Wildman–Crippen MR) is 90.2 cm³/mol. The molecule has 2 aromatic carbocycles. The summed E-state index contributed by atoms with van der Waals surface area (Å²) in [4.78, 5) is 4.52. The minimum atomic E-state index is -1.55. The lowest BCUT2D eigenvalue weighted by atomic mass is 10.1. The Bertz CT molecular complexity index is 703. The van der Waals surface area contributed by atoms with E-state index in [0.29, 0.717) is 11.3 Å². The minimum absolute atomic E-state index is 0.294. The molecule has 0 aliphatic rings. The quantitative estimate of drug-likeness (QED) is 0.427. The van der Waals surface area contributed by atoms with E-state index in [0.717, 1.165) is 5.69 Å². The van der Waals surface area contributed by atoms with Crippen LogP contribution < -0.4 is 0 Å². The molecule has 0 unspecified atom stereocenters. The van der Waals surface area contributed by atoms with Crippen LogP contribution in [0.15, 0.2) is 59.6 Å². The molecule has 0 atom stereocenters. The van der Waals surface area contributed by atoms with Crippen molar-refractivity contribution in [1.29, 1.82) is 0 Å². The zero-order chi connectivity index (χ0) is 15.3. The van der Waals surface area contributed by atoms with E-state index in [4.69, 9.17) is 0 Å². The molecular weight excluding hydrogens is 277 g/mol. The van der Waals surface area contributed by atoms with Gasteiger partial charge in [-0.05, 0) is 24.3 Å². The maximum atomic E-state index is 14.0. The molecule has 2 rings (SSSR count). The van der Waals surface area contributed by atoms with E-state index in [1.165, 1.54) is 6.07 Å². The molecule has 0 fully saturated rings. The van der Waals surface area contributed by atoms with Gasteiger partial charge in [0.15, 0.2) is 0 Å². The van der Waals surface area contributed by atoms with Crippen molar-refractivity contribution >= 4 is 19.5 Å². The molecular formula is C18H18FNSi. The van der Waals surface area contributed by atoms with Gasteiger partial charge in [-0.1, -0.05) is 55.9 Å². The van der Waals surface area contributed by atoms with Crippen LogP contribution in [0.25, 0.3) is 0 Å². The molecule has 2 aromatic rings. The van der Waals surface area contributed by atoms with Crippen LogP contribution in [-0.4, -0.2) is 13.8 Å². The topological polar surface area (TPSA) is 12.4 Å². The lowest BCUT2D eigenvalue weighted by molar-refractivity contribution is 0.625. The molecule has 0 aromatic heterocycles. The number of halogens is 1. The Hall–Kier alpha value is -2.18. The summed E-state index contributed by atoms with van der Waals surface area (Å²) in [5, 5.41) is 0. The van der Waals surface area contributed by atoms with E-state index in [-0.39, 0.29) is 5.82 Å². The smallest absolute Gasteiger partial charge is 0.133 e. The van der Waals surface area contributed by atoms with E-state index in [9.17, 15) is 4.39 Å². The van der Waals surface area contributed by atoms with Gasteiger partial charge in [-0.2, -0.15) is 0 Å². The molecule has 0 spiro atoms.